The Bertz CT molecular complexity index is 1130. The predicted molar refractivity (Wildman–Crippen MR) is 108 cm³/mol. The van der Waals surface area contributed by atoms with E-state index in [-0.39, 0.29) is 22.2 Å². The van der Waals surface area contributed by atoms with Crippen LogP contribution in [-0.2, 0) is 15.6 Å². The number of nitrogens with zero attached hydrogens (tertiary/aromatic N) is 2. The molecule has 0 saturated carbocycles. The Hall–Kier alpha value is -2.29. The summed E-state index contributed by atoms with van der Waals surface area (Å²) in [6.07, 6.45) is 1.08. The van der Waals surface area contributed by atoms with Crippen LogP contribution in [0.3, 0.4) is 0 Å². The van der Waals surface area contributed by atoms with Gasteiger partial charge in [0.15, 0.2) is 5.69 Å². The number of rotatable bonds is 5. The SMILES string of the molecule is Cc1cccc(CS(=O)(=O)c2ncc(Cl)c(C(=O)Oc3ccc(Br)cc3)n2)c1. The van der Waals surface area contributed by atoms with Gasteiger partial charge in [-0.25, -0.2) is 23.2 Å². The molecule has 2 aromatic carbocycles. The fraction of sp³-hybridized carbons (Fsp3) is 0.105. The first-order valence-corrected chi connectivity index (χ1v) is 10.9. The van der Waals surface area contributed by atoms with E-state index in [0.29, 0.717) is 5.56 Å². The molecule has 3 aromatic rings. The molecule has 144 valence electrons. The average Bonchev–Trinajstić information content (AvgIpc) is 2.63. The van der Waals surface area contributed by atoms with Gasteiger partial charge in [0.05, 0.1) is 17.0 Å². The first-order chi connectivity index (χ1) is 13.2. The monoisotopic (exact) mass is 480 g/mol. The van der Waals surface area contributed by atoms with Gasteiger partial charge in [-0.1, -0.05) is 57.4 Å². The van der Waals surface area contributed by atoms with Gasteiger partial charge in [0.25, 0.3) is 0 Å². The summed E-state index contributed by atoms with van der Waals surface area (Å²) < 4.78 is 31.4. The van der Waals surface area contributed by atoms with Crippen molar-refractivity contribution in [2.75, 3.05) is 0 Å². The smallest absolute Gasteiger partial charge is 0.364 e. The van der Waals surface area contributed by atoms with E-state index in [9.17, 15) is 13.2 Å². The van der Waals surface area contributed by atoms with Crippen LogP contribution < -0.4 is 4.74 Å². The van der Waals surface area contributed by atoms with Crippen molar-refractivity contribution >= 4 is 43.3 Å². The van der Waals surface area contributed by atoms with Gasteiger partial charge in [-0.2, -0.15) is 0 Å². The summed E-state index contributed by atoms with van der Waals surface area (Å²) in [5, 5.41) is -0.585. The highest BCUT2D eigenvalue weighted by Crippen LogP contribution is 2.21. The average molecular weight is 482 g/mol. The van der Waals surface area contributed by atoms with Crippen LogP contribution in [0.4, 0.5) is 0 Å². The molecule has 0 atom stereocenters. The number of aryl methyl sites for hydroxylation is 1. The summed E-state index contributed by atoms with van der Waals surface area (Å²) >= 11 is 9.27. The fourth-order valence-electron chi connectivity index (χ4n) is 2.39. The lowest BCUT2D eigenvalue weighted by Gasteiger charge is -2.08. The third kappa shape index (κ3) is 4.95. The minimum absolute atomic E-state index is 0.100. The molecule has 0 aliphatic heterocycles. The summed E-state index contributed by atoms with van der Waals surface area (Å²) in [7, 11) is -3.88. The lowest BCUT2D eigenvalue weighted by molar-refractivity contribution is 0.0727. The molecule has 0 N–H and O–H groups in total. The Balaban J connectivity index is 1.87. The molecule has 0 bridgehead atoms. The topological polar surface area (TPSA) is 86.2 Å². The number of halogens is 2. The van der Waals surface area contributed by atoms with Crippen molar-refractivity contribution in [1.29, 1.82) is 0 Å². The van der Waals surface area contributed by atoms with E-state index in [1.54, 1.807) is 42.5 Å². The van der Waals surface area contributed by atoms with E-state index in [0.717, 1.165) is 16.2 Å². The lowest BCUT2D eigenvalue weighted by Crippen LogP contribution is -2.16. The van der Waals surface area contributed by atoms with Gasteiger partial charge < -0.3 is 4.74 Å². The lowest BCUT2D eigenvalue weighted by atomic mass is 10.2. The molecule has 0 aliphatic rings. The second-order valence-electron chi connectivity index (χ2n) is 5.94. The zero-order chi connectivity index (χ0) is 20.3. The van der Waals surface area contributed by atoms with Crippen LogP contribution in [0.15, 0.2) is 64.4 Å². The Morgan fingerprint density at radius 1 is 1.18 bits per heavy atom. The maximum atomic E-state index is 12.7. The van der Waals surface area contributed by atoms with Crippen LogP contribution in [0.2, 0.25) is 5.02 Å². The Kier molecular flexibility index (Phi) is 6.12. The van der Waals surface area contributed by atoms with Gasteiger partial charge in [-0.05, 0) is 36.8 Å². The largest absolute Gasteiger partial charge is 0.422 e. The third-order valence-electron chi connectivity index (χ3n) is 3.66. The summed E-state index contributed by atoms with van der Waals surface area (Å²) in [5.41, 5.74) is 1.21. The Labute approximate surface area is 175 Å². The molecule has 9 heteroatoms. The number of sulfone groups is 1. The molecule has 0 unspecified atom stereocenters. The number of benzene rings is 2. The van der Waals surface area contributed by atoms with Crippen LogP contribution in [-0.4, -0.2) is 24.4 Å². The summed E-state index contributed by atoms with van der Waals surface area (Å²) in [4.78, 5) is 20.0. The van der Waals surface area contributed by atoms with Gasteiger partial charge >= 0.3 is 5.97 Å². The molecular weight excluding hydrogens is 468 g/mol. The Morgan fingerprint density at radius 3 is 2.57 bits per heavy atom. The van der Waals surface area contributed by atoms with Gasteiger partial charge in [0, 0.05) is 4.47 Å². The molecule has 0 amide bonds. The van der Waals surface area contributed by atoms with E-state index in [1.807, 2.05) is 13.0 Å². The predicted octanol–water partition coefficient (Wildman–Crippen LogP) is 4.39. The van der Waals surface area contributed by atoms with Crippen LogP contribution >= 0.6 is 27.5 Å². The number of hydrogen-bond acceptors (Lipinski definition) is 6. The van der Waals surface area contributed by atoms with E-state index in [1.165, 1.54) is 0 Å². The molecule has 28 heavy (non-hydrogen) atoms. The van der Waals surface area contributed by atoms with Crippen molar-refractivity contribution < 1.29 is 17.9 Å². The standard InChI is InChI=1S/C19H14BrClN2O4S/c1-12-3-2-4-13(9-12)11-28(25,26)19-22-10-16(21)17(23-19)18(24)27-15-7-5-14(20)6-8-15/h2-10H,11H2,1H3. The van der Waals surface area contributed by atoms with Crippen molar-refractivity contribution in [2.24, 2.45) is 0 Å². The number of ether oxygens (including phenoxy) is 1. The molecule has 3 rings (SSSR count). The highest BCUT2D eigenvalue weighted by molar-refractivity contribution is 9.10. The van der Waals surface area contributed by atoms with Gasteiger partial charge in [-0.3, -0.25) is 0 Å². The summed E-state index contributed by atoms with van der Waals surface area (Å²) in [5.74, 6) is -0.897. The van der Waals surface area contributed by atoms with Crippen molar-refractivity contribution in [1.82, 2.24) is 9.97 Å². The first kappa shape index (κ1) is 20.4. The molecule has 0 saturated heterocycles. The van der Waals surface area contributed by atoms with Crippen molar-refractivity contribution in [3.63, 3.8) is 0 Å². The van der Waals surface area contributed by atoms with Crippen LogP contribution in [0.5, 0.6) is 5.75 Å². The number of carbonyl (C=O) groups excluding carboxylic acids is 1. The van der Waals surface area contributed by atoms with E-state index < -0.39 is 21.0 Å². The van der Waals surface area contributed by atoms with E-state index >= 15 is 0 Å². The zero-order valence-electron chi connectivity index (χ0n) is 14.6. The molecule has 0 fully saturated rings. The maximum absolute atomic E-state index is 12.7. The Morgan fingerprint density at radius 2 is 1.89 bits per heavy atom. The second-order valence-corrected chi connectivity index (χ2v) is 9.15. The fourth-order valence-corrected chi connectivity index (χ4v) is 4.01. The quantitative estimate of drug-likeness (QED) is 0.305. The molecule has 0 spiro atoms. The normalized spacial score (nSPS) is 11.2. The first-order valence-electron chi connectivity index (χ1n) is 8.03. The highest BCUT2D eigenvalue weighted by atomic mass is 79.9. The van der Waals surface area contributed by atoms with E-state index in [4.69, 9.17) is 16.3 Å². The third-order valence-corrected chi connectivity index (χ3v) is 5.93. The molecule has 0 aliphatic carbocycles. The molecule has 6 nitrogen and oxygen atoms in total. The highest BCUT2D eigenvalue weighted by Gasteiger charge is 2.24. The molecular formula is C19H14BrClN2O4S. The van der Waals surface area contributed by atoms with Crippen LogP contribution in [0, 0.1) is 6.92 Å². The molecule has 0 radical (unpaired) electrons. The number of esters is 1. The van der Waals surface area contributed by atoms with Crippen LogP contribution in [0.25, 0.3) is 0 Å². The van der Waals surface area contributed by atoms with Crippen molar-refractivity contribution in [3.8, 4) is 5.75 Å². The summed E-state index contributed by atoms with van der Waals surface area (Å²) in [6.45, 7) is 1.87. The second kappa shape index (κ2) is 8.38. The van der Waals surface area contributed by atoms with Gasteiger partial charge in [0.1, 0.15) is 5.75 Å². The number of hydrogen-bond donors (Lipinski definition) is 0. The van der Waals surface area contributed by atoms with Crippen LogP contribution in [0.1, 0.15) is 21.6 Å². The number of aromatic nitrogens is 2. The summed E-state index contributed by atoms with van der Waals surface area (Å²) in [6, 6.07) is 13.6. The van der Waals surface area contributed by atoms with E-state index in [2.05, 4.69) is 25.9 Å². The van der Waals surface area contributed by atoms with Crippen molar-refractivity contribution in [2.45, 2.75) is 17.8 Å². The zero-order valence-corrected chi connectivity index (χ0v) is 17.8. The maximum Gasteiger partial charge on any atom is 0.364 e. The number of carbonyl (C=O) groups is 1. The molecule has 1 aromatic heterocycles. The molecule has 1 heterocycles. The van der Waals surface area contributed by atoms with Crippen molar-refractivity contribution in [3.05, 3.63) is 81.0 Å². The van der Waals surface area contributed by atoms with Gasteiger partial charge in [0.2, 0.25) is 15.0 Å². The minimum Gasteiger partial charge on any atom is -0.422 e. The minimum atomic E-state index is -3.88. The van der Waals surface area contributed by atoms with Gasteiger partial charge in [-0.15, -0.1) is 0 Å².